The number of nitrogens with one attached hydrogen (secondary N) is 1. The van der Waals surface area contributed by atoms with E-state index in [0.29, 0.717) is 6.54 Å². The maximum absolute atomic E-state index is 12.7. The van der Waals surface area contributed by atoms with Crippen LogP contribution in [-0.2, 0) is 11.3 Å². The Morgan fingerprint density at radius 2 is 1.91 bits per heavy atom. The zero-order valence-corrected chi connectivity index (χ0v) is 19.0. The second kappa shape index (κ2) is 9.02. The number of piperidine rings is 1. The molecule has 0 spiro atoms. The number of rotatable bonds is 5. The minimum atomic E-state index is 0.0140. The van der Waals surface area contributed by atoms with E-state index in [1.54, 1.807) is 12.4 Å². The number of carbonyl (C=O) groups excluding carboxylic acids is 1. The van der Waals surface area contributed by atoms with Crippen molar-refractivity contribution >= 4 is 17.2 Å². The fraction of sp³-hybridized carbons (Fsp3) is 0.308. The van der Waals surface area contributed by atoms with Crippen molar-refractivity contribution in [1.29, 1.82) is 0 Å². The molecule has 7 heteroatoms. The van der Waals surface area contributed by atoms with E-state index in [-0.39, 0.29) is 11.8 Å². The quantitative estimate of drug-likeness (QED) is 0.509. The molecule has 7 nitrogen and oxygen atoms in total. The molecule has 1 aromatic carbocycles. The highest BCUT2D eigenvalue weighted by Crippen LogP contribution is 2.30. The minimum absolute atomic E-state index is 0.0140. The molecule has 3 aromatic heterocycles. The van der Waals surface area contributed by atoms with E-state index in [4.69, 9.17) is 5.10 Å². The number of hydrogen-bond donors (Lipinski definition) is 1. The highest BCUT2D eigenvalue weighted by atomic mass is 16.1. The lowest BCUT2D eigenvalue weighted by atomic mass is 9.96. The Morgan fingerprint density at radius 1 is 1.06 bits per heavy atom. The van der Waals surface area contributed by atoms with Crippen molar-refractivity contribution < 1.29 is 4.79 Å². The van der Waals surface area contributed by atoms with Crippen LogP contribution in [0.25, 0.3) is 16.8 Å². The molecule has 1 saturated heterocycles. The van der Waals surface area contributed by atoms with Crippen molar-refractivity contribution in [2.24, 2.45) is 5.92 Å². The molecule has 1 fully saturated rings. The maximum atomic E-state index is 12.7. The van der Waals surface area contributed by atoms with Crippen molar-refractivity contribution in [3.8, 4) is 11.3 Å². The molecule has 1 N–H and O–H groups in total. The molecule has 1 amide bonds. The summed E-state index contributed by atoms with van der Waals surface area (Å²) in [6.07, 6.45) is 7.04. The third kappa shape index (κ3) is 4.44. The lowest BCUT2D eigenvalue weighted by molar-refractivity contribution is -0.125. The van der Waals surface area contributed by atoms with E-state index in [2.05, 4.69) is 58.3 Å². The van der Waals surface area contributed by atoms with Gasteiger partial charge < -0.3 is 10.2 Å². The third-order valence-corrected chi connectivity index (χ3v) is 6.37. The standard InChI is InChI=1S/C26H28N6O/c1-18-6-7-19(2)22(15-18)23-16-24-25(28-11-14-32(24)30-23)31-12-8-20(9-13-31)26(33)29-17-21-5-3-4-10-27-21/h3-7,10-11,14-16,20H,8-9,12-13,17H2,1-2H3,(H,29,33). The Balaban J connectivity index is 1.29. The summed E-state index contributed by atoms with van der Waals surface area (Å²) in [5, 5.41) is 7.85. The maximum Gasteiger partial charge on any atom is 0.223 e. The van der Waals surface area contributed by atoms with Gasteiger partial charge in [0.25, 0.3) is 0 Å². The van der Waals surface area contributed by atoms with Crippen LogP contribution in [0.2, 0.25) is 0 Å². The predicted octanol–water partition coefficient (Wildman–Crippen LogP) is 3.94. The van der Waals surface area contributed by atoms with Crippen molar-refractivity contribution in [2.75, 3.05) is 18.0 Å². The monoisotopic (exact) mass is 440 g/mol. The van der Waals surface area contributed by atoms with Gasteiger partial charge in [-0.2, -0.15) is 5.10 Å². The van der Waals surface area contributed by atoms with Gasteiger partial charge in [-0.15, -0.1) is 0 Å². The number of anilines is 1. The Morgan fingerprint density at radius 3 is 2.70 bits per heavy atom. The van der Waals surface area contributed by atoms with Gasteiger partial charge in [-0.1, -0.05) is 23.8 Å². The van der Waals surface area contributed by atoms with Gasteiger partial charge in [0.05, 0.1) is 17.9 Å². The highest BCUT2D eigenvalue weighted by molar-refractivity contribution is 5.80. The van der Waals surface area contributed by atoms with Crippen molar-refractivity contribution in [2.45, 2.75) is 33.2 Å². The summed E-state index contributed by atoms with van der Waals surface area (Å²) in [4.78, 5) is 23.9. The molecule has 4 aromatic rings. The smallest absolute Gasteiger partial charge is 0.223 e. The first-order valence-corrected chi connectivity index (χ1v) is 11.4. The minimum Gasteiger partial charge on any atom is -0.355 e. The zero-order chi connectivity index (χ0) is 22.8. The number of aromatic nitrogens is 4. The van der Waals surface area contributed by atoms with Crippen LogP contribution in [0.1, 0.15) is 29.7 Å². The van der Waals surface area contributed by atoms with Crippen LogP contribution < -0.4 is 10.2 Å². The van der Waals surface area contributed by atoms with E-state index >= 15 is 0 Å². The summed E-state index contributed by atoms with van der Waals surface area (Å²) in [5.74, 6) is 1.04. The van der Waals surface area contributed by atoms with Crippen LogP contribution in [0.3, 0.4) is 0 Å². The Kier molecular flexibility index (Phi) is 5.77. The molecule has 0 radical (unpaired) electrons. The van der Waals surface area contributed by atoms with E-state index in [9.17, 15) is 4.79 Å². The molecule has 4 heterocycles. The molecule has 0 saturated carbocycles. The first kappa shape index (κ1) is 21.1. The molecular formula is C26H28N6O. The molecule has 0 atom stereocenters. The van der Waals surface area contributed by atoms with Crippen LogP contribution in [0.5, 0.6) is 0 Å². The summed E-state index contributed by atoms with van der Waals surface area (Å²) in [6.45, 7) is 6.26. The van der Waals surface area contributed by atoms with Crippen molar-refractivity contribution in [1.82, 2.24) is 24.9 Å². The Hall–Kier alpha value is -3.74. The molecule has 0 unspecified atom stereocenters. The molecule has 168 valence electrons. The fourth-order valence-electron chi connectivity index (χ4n) is 4.47. The normalized spacial score (nSPS) is 14.5. The third-order valence-electron chi connectivity index (χ3n) is 6.37. The summed E-state index contributed by atoms with van der Waals surface area (Å²) in [6, 6.07) is 14.3. The van der Waals surface area contributed by atoms with Crippen LogP contribution in [0, 0.1) is 19.8 Å². The summed E-state index contributed by atoms with van der Waals surface area (Å²) in [5.41, 5.74) is 6.39. The van der Waals surface area contributed by atoms with Gasteiger partial charge in [-0.05, 0) is 56.5 Å². The summed E-state index contributed by atoms with van der Waals surface area (Å²) < 4.78 is 1.91. The second-order valence-electron chi connectivity index (χ2n) is 8.73. The lowest BCUT2D eigenvalue weighted by Crippen LogP contribution is -2.40. The molecular weight excluding hydrogens is 412 g/mol. The second-order valence-corrected chi connectivity index (χ2v) is 8.73. The van der Waals surface area contributed by atoms with Crippen molar-refractivity contribution in [3.05, 3.63) is 77.9 Å². The summed E-state index contributed by atoms with van der Waals surface area (Å²) >= 11 is 0. The number of amides is 1. The molecule has 5 rings (SSSR count). The highest BCUT2D eigenvalue weighted by Gasteiger charge is 2.27. The number of pyridine rings is 1. The molecule has 0 bridgehead atoms. The Labute approximate surface area is 193 Å². The average Bonchev–Trinajstić information content (AvgIpc) is 3.29. The number of hydrogen-bond acceptors (Lipinski definition) is 5. The SMILES string of the molecule is Cc1ccc(C)c(-c2cc3c(N4CCC(C(=O)NCc5ccccn5)CC4)nccn3n2)c1. The average molecular weight is 441 g/mol. The van der Waals surface area contributed by atoms with Gasteiger partial charge in [0.15, 0.2) is 5.82 Å². The number of fused-ring (bicyclic) bond motifs is 1. The number of carbonyl (C=O) groups is 1. The van der Waals surface area contributed by atoms with Crippen LogP contribution >= 0.6 is 0 Å². The van der Waals surface area contributed by atoms with Gasteiger partial charge in [0.2, 0.25) is 5.91 Å². The van der Waals surface area contributed by atoms with E-state index in [1.807, 2.05) is 28.9 Å². The van der Waals surface area contributed by atoms with E-state index in [0.717, 1.165) is 54.2 Å². The largest absolute Gasteiger partial charge is 0.355 e. The van der Waals surface area contributed by atoms with Gasteiger partial charge in [-0.3, -0.25) is 9.78 Å². The van der Waals surface area contributed by atoms with Crippen molar-refractivity contribution in [3.63, 3.8) is 0 Å². The molecule has 1 aliphatic rings. The first-order chi connectivity index (χ1) is 16.1. The predicted molar refractivity (Wildman–Crippen MR) is 129 cm³/mol. The van der Waals surface area contributed by atoms with Crippen LogP contribution in [0.15, 0.2) is 61.1 Å². The Bertz CT molecular complexity index is 1270. The van der Waals surface area contributed by atoms with Crippen LogP contribution in [0.4, 0.5) is 5.82 Å². The number of nitrogens with zero attached hydrogens (tertiary/aromatic N) is 5. The molecule has 0 aliphatic carbocycles. The molecule has 1 aliphatic heterocycles. The van der Waals surface area contributed by atoms with E-state index in [1.165, 1.54) is 11.1 Å². The van der Waals surface area contributed by atoms with Gasteiger partial charge in [0.1, 0.15) is 5.52 Å². The number of aryl methyl sites for hydroxylation is 2. The lowest BCUT2D eigenvalue weighted by Gasteiger charge is -2.32. The van der Waals surface area contributed by atoms with Gasteiger partial charge in [-0.25, -0.2) is 9.50 Å². The first-order valence-electron chi connectivity index (χ1n) is 11.4. The fourth-order valence-corrected chi connectivity index (χ4v) is 4.47. The molecule has 33 heavy (non-hydrogen) atoms. The van der Waals surface area contributed by atoms with Gasteiger partial charge in [0, 0.05) is 43.2 Å². The topological polar surface area (TPSA) is 75.4 Å². The summed E-state index contributed by atoms with van der Waals surface area (Å²) in [7, 11) is 0. The zero-order valence-electron chi connectivity index (χ0n) is 19.0. The van der Waals surface area contributed by atoms with E-state index < -0.39 is 0 Å². The number of benzene rings is 1. The van der Waals surface area contributed by atoms with Crippen LogP contribution in [-0.4, -0.2) is 38.6 Å². The van der Waals surface area contributed by atoms with Gasteiger partial charge >= 0.3 is 0 Å².